The molecule has 15 heavy (non-hydrogen) atoms. The van der Waals surface area contributed by atoms with Crippen molar-refractivity contribution < 1.29 is 9.84 Å². The van der Waals surface area contributed by atoms with Crippen molar-refractivity contribution in [3.8, 4) is 0 Å². The standard InChI is InChI=1S/C12H25NO2/c1-3-13-12(2,10-14)8-9-15-11-6-4-5-7-11/h11,13-14H,3-10H2,1-2H3. The van der Waals surface area contributed by atoms with Crippen molar-refractivity contribution in [2.24, 2.45) is 0 Å². The first-order valence-corrected chi connectivity index (χ1v) is 6.17. The molecule has 1 atom stereocenters. The summed E-state index contributed by atoms with van der Waals surface area (Å²) >= 11 is 0. The Balaban J connectivity index is 2.15. The largest absolute Gasteiger partial charge is 0.394 e. The average molecular weight is 215 g/mol. The van der Waals surface area contributed by atoms with Crippen molar-refractivity contribution in [3.05, 3.63) is 0 Å². The second-order valence-electron chi connectivity index (χ2n) is 4.78. The Bertz CT molecular complexity index is 169. The van der Waals surface area contributed by atoms with Crippen LogP contribution in [0.4, 0.5) is 0 Å². The zero-order valence-electron chi connectivity index (χ0n) is 10.1. The van der Waals surface area contributed by atoms with Crippen molar-refractivity contribution in [2.75, 3.05) is 19.8 Å². The maximum atomic E-state index is 9.29. The summed E-state index contributed by atoms with van der Waals surface area (Å²) in [6, 6.07) is 0. The molecule has 0 saturated heterocycles. The highest BCUT2D eigenvalue weighted by atomic mass is 16.5. The van der Waals surface area contributed by atoms with Gasteiger partial charge < -0.3 is 15.2 Å². The molecule has 0 radical (unpaired) electrons. The monoisotopic (exact) mass is 215 g/mol. The zero-order chi connectivity index (χ0) is 11.1. The molecule has 3 heteroatoms. The minimum Gasteiger partial charge on any atom is -0.394 e. The van der Waals surface area contributed by atoms with Gasteiger partial charge in [-0.15, -0.1) is 0 Å². The van der Waals surface area contributed by atoms with E-state index < -0.39 is 0 Å². The first-order chi connectivity index (χ1) is 7.20. The molecule has 3 nitrogen and oxygen atoms in total. The first-order valence-electron chi connectivity index (χ1n) is 6.17. The van der Waals surface area contributed by atoms with Gasteiger partial charge in [-0.1, -0.05) is 19.8 Å². The van der Waals surface area contributed by atoms with E-state index in [0.29, 0.717) is 6.10 Å². The van der Waals surface area contributed by atoms with Crippen LogP contribution in [0.15, 0.2) is 0 Å². The number of likely N-dealkylation sites (N-methyl/N-ethyl adjacent to an activating group) is 1. The minimum absolute atomic E-state index is 0.173. The molecule has 0 aliphatic heterocycles. The highest BCUT2D eigenvalue weighted by Crippen LogP contribution is 2.21. The Morgan fingerprint density at radius 3 is 2.60 bits per heavy atom. The van der Waals surface area contributed by atoms with Gasteiger partial charge in [0.25, 0.3) is 0 Å². The summed E-state index contributed by atoms with van der Waals surface area (Å²) in [7, 11) is 0. The van der Waals surface area contributed by atoms with E-state index in [2.05, 4.69) is 19.2 Å². The van der Waals surface area contributed by atoms with Gasteiger partial charge in [0.2, 0.25) is 0 Å². The van der Waals surface area contributed by atoms with Gasteiger partial charge in [0, 0.05) is 12.1 Å². The van der Waals surface area contributed by atoms with Crippen molar-refractivity contribution in [3.63, 3.8) is 0 Å². The van der Waals surface area contributed by atoms with E-state index in [9.17, 15) is 5.11 Å². The van der Waals surface area contributed by atoms with E-state index in [1.165, 1.54) is 25.7 Å². The second kappa shape index (κ2) is 6.46. The molecule has 0 spiro atoms. The average Bonchev–Trinajstić information content (AvgIpc) is 2.71. The Labute approximate surface area is 93.2 Å². The summed E-state index contributed by atoms with van der Waals surface area (Å²) in [5.41, 5.74) is -0.173. The van der Waals surface area contributed by atoms with Gasteiger partial charge >= 0.3 is 0 Å². The third kappa shape index (κ3) is 4.49. The number of nitrogens with one attached hydrogen (secondary N) is 1. The molecular weight excluding hydrogens is 190 g/mol. The SMILES string of the molecule is CCNC(C)(CO)CCOC1CCCC1. The molecular formula is C12H25NO2. The molecule has 90 valence electrons. The lowest BCUT2D eigenvalue weighted by Crippen LogP contribution is -2.46. The summed E-state index contributed by atoms with van der Waals surface area (Å²) in [5.74, 6) is 0. The van der Waals surface area contributed by atoms with Crippen LogP contribution in [0.3, 0.4) is 0 Å². The Morgan fingerprint density at radius 1 is 1.40 bits per heavy atom. The fraction of sp³-hybridized carbons (Fsp3) is 1.00. The molecule has 1 rings (SSSR count). The quantitative estimate of drug-likeness (QED) is 0.679. The molecule has 1 aliphatic rings. The Hall–Kier alpha value is -0.120. The summed E-state index contributed by atoms with van der Waals surface area (Å²) < 4.78 is 5.80. The molecule has 1 fully saturated rings. The lowest BCUT2D eigenvalue weighted by molar-refractivity contribution is 0.0352. The molecule has 0 amide bonds. The number of aliphatic hydroxyl groups is 1. The zero-order valence-corrected chi connectivity index (χ0v) is 10.1. The molecule has 1 aliphatic carbocycles. The number of hydrogen-bond acceptors (Lipinski definition) is 3. The first kappa shape index (κ1) is 12.9. The van der Waals surface area contributed by atoms with Gasteiger partial charge in [-0.3, -0.25) is 0 Å². The molecule has 1 unspecified atom stereocenters. The predicted molar refractivity (Wildman–Crippen MR) is 62.0 cm³/mol. The second-order valence-corrected chi connectivity index (χ2v) is 4.78. The molecule has 0 heterocycles. The Kier molecular flexibility index (Phi) is 5.58. The van der Waals surface area contributed by atoms with Gasteiger partial charge in [0.15, 0.2) is 0 Å². The van der Waals surface area contributed by atoms with Crippen LogP contribution in [0.2, 0.25) is 0 Å². The topological polar surface area (TPSA) is 41.5 Å². The maximum absolute atomic E-state index is 9.29. The Morgan fingerprint density at radius 2 is 2.07 bits per heavy atom. The molecule has 0 aromatic heterocycles. The number of rotatable bonds is 7. The highest BCUT2D eigenvalue weighted by Gasteiger charge is 2.23. The smallest absolute Gasteiger partial charge is 0.0611 e. The van der Waals surface area contributed by atoms with E-state index in [0.717, 1.165) is 19.6 Å². The van der Waals surface area contributed by atoms with Crippen LogP contribution in [0.1, 0.15) is 46.0 Å². The van der Waals surface area contributed by atoms with Crippen molar-refractivity contribution >= 4 is 0 Å². The van der Waals surface area contributed by atoms with E-state index >= 15 is 0 Å². The van der Waals surface area contributed by atoms with Gasteiger partial charge in [0.1, 0.15) is 0 Å². The maximum Gasteiger partial charge on any atom is 0.0611 e. The fourth-order valence-electron chi connectivity index (χ4n) is 2.16. The van der Waals surface area contributed by atoms with E-state index in [-0.39, 0.29) is 12.1 Å². The third-order valence-electron chi connectivity index (χ3n) is 3.26. The van der Waals surface area contributed by atoms with Gasteiger partial charge in [-0.05, 0) is 32.7 Å². The van der Waals surface area contributed by atoms with Crippen LogP contribution in [-0.4, -0.2) is 36.5 Å². The van der Waals surface area contributed by atoms with Crippen LogP contribution in [0.5, 0.6) is 0 Å². The highest BCUT2D eigenvalue weighted by molar-refractivity contribution is 4.81. The number of ether oxygens (including phenoxy) is 1. The van der Waals surface area contributed by atoms with E-state index in [4.69, 9.17) is 4.74 Å². The van der Waals surface area contributed by atoms with Gasteiger partial charge in [-0.25, -0.2) is 0 Å². The van der Waals surface area contributed by atoms with Crippen molar-refractivity contribution in [1.29, 1.82) is 0 Å². The van der Waals surface area contributed by atoms with E-state index in [1.807, 2.05) is 0 Å². The lowest BCUT2D eigenvalue weighted by Gasteiger charge is -2.28. The predicted octanol–water partition coefficient (Wildman–Crippen LogP) is 1.70. The van der Waals surface area contributed by atoms with Crippen molar-refractivity contribution in [2.45, 2.75) is 57.6 Å². The number of aliphatic hydroxyl groups excluding tert-OH is 1. The lowest BCUT2D eigenvalue weighted by atomic mass is 10.00. The number of hydrogen-bond donors (Lipinski definition) is 2. The third-order valence-corrected chi connectivity index (χ3v) is 3.26. The van der Waals surface area contributed by atoms with Crippen LogP contribution >= 0.6 is 0 Å². The minimum atomic E-state index is -0.173. The summed E-state index contributed by atoms with van der Waals surface area (Å²) in [6.45, 7) is 5.93. The molecule has 0 bridgehead atoms. The van der Waals surface area contributed by atoms with Crippen LogP contribution in [-0.2, 0) is 4.74 Å². The van der Waals surface area contributed by atoms with Crippen LogP contribution in [0.25, 0.3) is 0 Å². The van der Waals surface area contributed by atoms with Gasteiger partial charge in [0.05, 0.1) is 12.7 Å². The molecule has 0 aromatic carbocycles. The summed E-state index contributed by atoms with van der Waals surface area (Å²) in [5, 5.41) is 12.6. The summed E-state index contributed by atoms with van der Waals surface area (Å²) in [4.78, 5) is 0. The van der Waals surface area contributed by atoms with Crippen molar-refractivity contribution in [1.82, 2.24) is 5.32 Å². The van der Waals surface area contributed by atoms with E-state index in [1.54, 1.807) is 0 Å². The molecule has 0 aromatic rings. The van der Waals surface area contributed by atoms with Gasteiger partial charge in [-0.2, -0.15) is 0 Å². The van der Waals surface area contributed by atoms with Crippen LogP contribution in [0, 0.1) is 0 Å². The van der Waals surface area contributed by atoms with Crippen LogP contribution < -0.4 is 5.32 Å². The normalized spacial score (nSPS) is 21.8. The fourth-order valence-corrected chi connectivity index (χ4v) is 2.16. The molecule has 1 saturated carbocycles. The summed E-state index contributed by atoms with van der Waals surface area (Å²) in [6.07, 6.45) is 6.43. The molecule has 2 N–H and O–H groups in total.